The van der Waals surface area contributed by atoms with Gasteiger partial charge < -0.3 is 10.2 Å². The maximum absolute atomic E-state index is 12.5. The first-order valence-corrected chi connectivity index (χ1v) is 8.95. The molecule has 1 aliphatic heterocycles. The molecule has 3 heterocycles. The van der Waals surface area contributed by atoms with E-state index in [0.717, 1.165) is 49.4 Å². The van der Waals surface area contributed by atoms with Gasteiger partial charge in [-0.3, -0.25) is 9.78 Å². The summed E-state index contributed by atoms with van der Waals surface area (Å²) >= 11 is 0. The Bertz CT molecular complexity index is 891. The van der Waals surface area contributed by atoms with Crippen LogP contribution in [0, 0.1) is 5.92 Å². The largest absolute Gasteiger partial charge is 0.370 e. The van der Waals surface area contributed by atoms with Gasteiger partial charge in [-0.2, -0.15) is 0 Å². The molecule has 1 amide bonds. The van der Waals surface area contributed by atoms with Crippen molar-refractivity contribution in [2.24, 2.45) is 5.92 Å². The van der Waals surface area contributed by atoms with E-state index in [1.807, 2.05) is 47.4 Å². The minimum absolute atomic E-state index is 0.131. The van der Waals surface area contributed by atoms with Crippen LogP contribution in [-0.2, 0) is 0 Å². The number of nitrogens with one attached hydrogen (secondary N) is 1. The van der Waals surface area contributed by atoms with Gasteiger partial charge in [-0.05, 0) is 43.0 Å². The fourth-order valence-corrected chi connectivity index (χ4v) is 3.31. The lowest BCUT2D eigenvalue weighted by atomic mass is 9.96. The molecule has 6 nitrogen and oxygen atoms in total. The molecule has 4 rings (SSSR count). The minimum Gasteiger partial charge on any atom is -0.370 e. The fourth-order valence-electron chi connectivity index (χ4n) is 3.31. The van der Waals surface area contributed by atoms with E-state index in [0.29, 0.717) is 11.6 Å². The molecule has 3 aromatic rings. The summed E-state index contributed by atoms with van der Waals surface area (Å²) in [6.45, 7) is 2.46. The van der Waals surface area contributed by atoms with Gasteiger partial charge in [-0.25, -0.2) is 9.97 Å². The van der Waals surface area contributed by atoms with Crippen molar-refractivity contribution in [3.05, 3.63) is 60.4 Å². The number of amides is 1. The van der Waals surface area contributed by atoms with Crippen LogP contribution < -0.4 is 5.32 Å². The van der Waals surface area contributed by atoms with Crippen molar-refractivity contribution in [2.45, 2.75) is 12.8 Å². The molecule has 0 aliphatic carbocycles. The van der Waals surface area contributed by atoms with Crippen LogP contribution in [0.3, 0.4) is 0 Å². The molecule has 1 N–H and O–H groups in total. The molecule has 6 heteroatoms. The number of carbonyl (C=O) groups is 1. The lowest BCUT2D eigenvalue weighted by molar-refractivity contribution is 0.0695. The molecule has 1 fully saturated rings. The zero-order valence-electron chi connectivity index (χ0n) is 14.5. The first-order chi connectivity index (χ1) is 12.8. The van der Waals surface area contributed by atoms with Crippen LogP contribution in [0.1, 0.15) is 23.2 Å². The van der Waals surface area contributed by atoms with Gasteiger partial charge in [0.25, 0.3) is 5.91 Å². The summed E-state index contributed by atoms with van der Waals surface area (Å²) in [6.07, 6.45) is 5.32. The third-order valence-electron chi connectivity index (χ3n) is 4.83. The predicted octanol–water partition coefficient (Wildman–Crippen LogP) is 2.99. The highest BCUT2D eigenvalue weighted by Gasteiger charge is 2.23. The summed E-state index contributed by atoms with van der Waals surface area (Å²) in [6, 6.07) is 13.4. The predicted molar refractivity (Wildman–Crippen MR) is 101 cm³/mol. The van der Waals surface area contributed by atoms with Gasteiger partial charge in [0.05, 0.1) is 0 Å². The zero-order valence-corrected chi connectivity index (χ0v) is 14.5. The van der Waals surface area contributed by atoms with E-state index < -0.39 is 0 Å². The van der Waals surface area contributed by atoms with Gasteiger partial charge in [0.2, 0.25) is 0 Å². The second-order valence-corrected chi connectivity index (χ2v) is 6.58. The minimum atomic E-state index is 0.131. The van der Waals surface area contributed by atoms with Gasteiger partial charge in [0.1, 0.15) is 11.3 Å². The van der Waals surface area contributed by atoms with E-state index in [4.69, 9.17) is 0 Å². The molecule has 1 saturated heterocycles. The molecule has 1 aliphatic rings. The number of aromatic nitrogens is 3. The van der Waals surface area contributed by atoms with Crippen LogP contribution in [-0.4, -0.2) is 45.4 Å². The van der Waals surface area contributed by atoms with Gasteiger partial charge in [-0.1, -0.05) is 18.2 Å². The highest BCUT2D eigenvalue weighted by atomic mass is 16.2. The van der Waals surface area contributed by atoms with Crippen LogP contribution in [0.15, 0.2) is 54.9 Å². The van der Waals surface area contributed by atoms with Crippen LogP contribution in [0.4, 0.5) is 5.82 Å². The summed E-state index contributed by atoms with van der Waals surface area (Å²) in [4.78, 5) is 27.4. The quantitative estimate of drug-likeness (QED) is 0.786. The van der Waals surface area contributed by atoms with Crippen molar-refractivity contribution < 1.29 is 4.79 Å². The average molecular weight is 347 g/mol. The number of likely N-dealkylation sites (tertiary alicyclic amines) is 1. The van der Waals surface area contributed by atoms with Crippen molar-refractivity contribution >= 4 is 22.9 Å². The zero-order chi connectivity index (χ0) is 17.8. The number of hydrogen-bond donors (Lipinski definition) is 1. The fraction of sp³-hybridized carbons (Fsp3) is 0.300. The normalized spacial score (nSPS) is 15.2. The smallest absolute Gasteiger partial charge is 0.253 e. The molecule has 0 spiro atoms. The molecule has 132 valence electrons. The van der Waals surface area contributed by atoms with Crippen molar-refractivity contribution in [1.29, 1.82) is 0 Å². The lowest BCUT2D eigenvalue weighted by Crippen LogP contribution is -2.39. The van der Waals surface area contributed by atoms with Crippen LogP contribution in [0.2, 0.25) is 0 Å². The Morgan fingerprint density at radius 2 is 1.81 bits per heavy atom. The van der Waals surface area contributed by atoms with Gasteiger partial charge in [0, 0.05) is 37.6 Å². The molecule has 0 atom stereocenters. The van der Waals surface area contributed by atoms with E-state index in [1.54, 1.807) is 12.4 Å². The number of anilines is 1. The maximum atomic E-state index is 12.5. The van der Waals surface area contributed by atoms with Crippen LogP contribution in [0.25, 0.3) is 11.2 Å². The second-order valence-electron chi connectivity index (χ2n) is 6.58. The number of nitrogens with zero attached hydrogens (tertiary/aromatic N) is 4. The van der Waals surface area contributed by atoms with Crippen molar-refractivity contribution in [2.75, 3.05) is 25.0 Å². The van der Waals surface area contributed by atoms with Gasteiger partial charge >= 0.3 is 0 Å². The lowest BCUT2D eigenvalue weighted by Gasteiger charge is -2.32. The molecular weight excluding hydrogens is 326 g/mol. The Balaban J connectivity index is 1.30. The van der Waals surface area contributed by atoms with Crippen molar-refractivity contribution in [3.63, 3.8) is 0 Å². The monoisotopic (exact) mass is 347 g/mol. The summed E-state index contributed by atoms with van der Waals surface area (Å²) in [7, 11) is 0. The van der Waals surface area contributed by atoms with E-state index in [1.165, 1.54) is 0 Å². The summed E-state index contributed by atoms with van der Waals surface area (Å²) < 4.78 is 0. The van der Waals surface area contributed by atoms with Crippen LogP contribution in [0.5, 0.6) is 0 Å². The van der Waals surface area contributed by atoms with E-state index in [2.05, 4.69) is 20.3 Å². The van der Waals surface area contributed by atoms with E-state index >= 15 is 0 Å². The Labute approximate surface area is 152 Å². The Morgan fingerprint density at radius 3 is 2.62 bits per heavy atom. The standard InChI is InChI=1S/C20H21N5O/c26-20(16-4-2-1-3-5-16)25-12-8-15(9-13-25)14-23-18-7-6-17-19(24-18)22-11-10-21-17/h1-7,10-11,15H,8-9,12-14H2,(H,22,23,24). The molecule has 0 unspecified atom stereocenters. The van der Waals surface area contributed by atoms with Crippen molar-refractivity contribution in [1.82, 2.24) is 19.9 Å². The highest BCUT2D eigenvalue weighted by Crippen LogP contribution is 2.20. The second kappa shape index (κ2) is 7.47. The van der Waals surface area contributed by atoms with Gasteiger partial charge in [0.15, 0.2) is 5.65 Å². The van der Waals surface area contributed by atoms with Gasteiger partial charge in [-0.15, -0.1) is 0 Å². The molecule has 0 saturated carbocycles. The molecule has 2 aromatic heterocycles. The Kier molecular flexibility index (Phi) is 4.73. The summed E-state index contributed by atoms with van der Waals surface area (Å²) in [5.74, 6) is 1.49. The topological polar surface area (TPSA) is 71.0 Å². The number of rotatable bonds is 4. The number of pyridine rings is 1. The number of piperidine rings is 1. The Hall–Kier alpha value is -3.02. The molecule has 0 radical (unpaired) electrons. The molecule has 0 bridgehead atoms. The first kappa shape index (κ1) is 16.4. The number of fused-ring (bicyclic) bond motifs is 1. The molecular formula is C20H21N5O. The summed E-state index contributed by atoms with van der Waals surface area (Å²) in [5, 5.41) is 3.40. The highest BCUT2D eigenvalue weighted by molar-refractivity contribution is 5.94. The van der Waals surface area contributed by atoms with Crippen molar-refractivity contribution in [3.8, 4) is 0 Å². The molecule has 26 heavy (non-hydrogen) atoms. The summed E-state index contributed by atoms with van der Waals surface area (Å²) in [5.41, 5.74) is 2.22. The third-order valence-corrected chi connectivity index (χ3v) is 4.83. The van der Waals surface area contributed by atoms with Crippen LogP contribution >= 0.6 is 0 Å². The average Bonchev–Trinajstić information content (AvgIpc) is 2.72. The maximum Gasteiger partial charge on any atom is 0.253 e. The van der Waals surface area contributed by atoms with E-state index in [9.17, 15) is 4.79 Å². The SMILES string of the molecule is O=C(c1ccccc1)N1CCC(CNc2ccc3nccnc3n2)CC1. The number of benzene rings is 1. The first-order valence-electron chi connectivity index (χ1n) is 8.95. The van der Waals surface area contributed by atoms with E-state index in [-0.39, 0.29) is 5.91 Å². The number of carbonyl (C=O) groups excluding carboxylic acids is 1. The molecule has 1 aromatic carbocycles. The third kappa shape index (κ3) is 3.64. The Morgan fingerprint density at radius 1 is 1.04 bits per heavy atom. The number of hydrogen-bond acceptors (Lipinski definition) is 5.